The number of hydrogen-bond donors (Lipinski definition) is 2. The van der Waals surface area contributed by atoms with Crippen LogP contribution in [0.5, 0.6) is 0 Å². The first-order valence-electron chi connectivity index (χ1n) is 19.5. The smallest absolute Gasteiger partial charge is 0.136 e. The number of rotatable bonds is 6. The van der Waals surface area contributed by atoms with Crippen molar-refractivity contribution < 1.29 is 4.42 Å². The third kappa shape index (κ3) is 6.04. The van der Waals surface area contributed by atoms with E-state index in [-0.39, 0.29) is 12.3 Å². The molecule has 11 rings (SSSR count). The second-order valence-electron chi connectivity index (χ2n) is 14.8. The summed E-state index contributed by atoms with van der Waals surface area (Å²) in [5.41, 5.74) is 11.9. The summed E-state index contributed by atoms with van der Waals surface area (Å²) in [6.45, 7) is 0. The van der Waals surface area contributed by atoms with Crippen molar-refractivity contribution in [3.05, 3.63) is 217 Å². The second kappa shape index (κ2) is 13.8. The first-order chi connectivity index (χ1) is 28.2. The topological polar surface area (TPSA) is 49.6 Å². The maximum atomic E-state index is 6.61. The fourth-order valence-electron chi connectivity index (χ4n) is 8.48. The average molecular weight is 732 g/mol. The van der Waals surface area contributed by atoms with Gasteiger partial charge in [0.1, 0.15) is 29.3 Å². The molecular formula is C53H37N3O. The fraction of sp³-hybridized carbons (Fsp3) is 0.0377. The number of aliphatic imine (C=N–C) groups is 1. The molecule has 270 valence electrons. The Hall–Kier alpha value is -7.27. The lowest BCUT2D eigenvalue weighted by molar-refractivity contribution is 0.409. The van der Waals surface area contributed by atoms with Crippen molar-refractivity contribution in [1.82, 2.24) is 10.6 Å². The highest BCUT2D eigenvalue weighted by Gasteiger charge is 2.27. The Balaban J connectivity index is 1.02. The van der Waals surface area contributed by atoms with Crippen LogP contribution in [0.1, 0.15) is 29.0 Å². The molecular weight excluding hydrogens is 695 g/mol. The van der Waals surface area contributed by atoms with Gasteiger partial charge < -0.3 is 9.73 Å². The monoisotopic (exact) mass is 731 g/mol. The Labute approximate surface area is 330 Å². The lowest BCUT2D eigenvalue weighted by Gasteiger charge is -2.32. The molecule has 1 aliphatic heterocycles. The van der Waals surface area contributed by atoms with Gasteiger partial charge in [-0.25, -0.2) is 4.99 Å². The van der Waals surface area contributed by atoms with Crippen LogP contribution in [0.15, 0.2) is 210 Å². The zero-order valence-corrected chi connectivity index (χ0v) is 31.1. The maximum absolute atomic E-state index is 6.61. The summed E-state index contributed by atoms with van der Waals surface area (Å²) in [5.74, 6) is 0.839. The summed E-state index contributed by atoms with van der Waals surface area (Å²) in [5, 5.41) is 14.8. The van der Waals surface area contributed by atoms with Gasteiger partial charge in [0.25, 0.3) is 0 Å². The van der Waals surface area contributed by atoms with E-state index in [1.807, 2.05) is 12.1 Å². The van der Waals surface area contributed by atoms with Crippen LogP contribution in [0.25, 0.3) is 76.9 Å². The minimum atomic E-state index is -0.359. The number of furan rings is 1. The van der Waals surface area contributed by atoms with E-state index in [4.69, 9.17) is 9.41 Å². The molecule has 4 nitrogen and oxygen atoms in total. The minimum Gasteiger partial charge on any atom is -0.456 e. The van der Waals surface area contributed by atoms with E-state index < -0.39 is 0 Å². The molecule has 2 heterocycles. The Bertz CT molecular complexity index is 3140. The molecule has 0 saturated heterocycles. The van der Waals surface area contributed by atoms with E-state index in [0.29, 0.717) is 0 Å². The highest BCUT2D eigenvalue weighted by atomic mass is 16.3. The number of amidine groups is 1. The molecule has 0 fully saturated rings. The van der Waals surface area contributed by atoms with E-state index in [1.165, 1.54) is 43.8 Å². The molecule has 0 aliphatic carbocycles. The molecule has 2 N–H and O–H groups in total. The summed E-state index contributed by atoms with van der Waals surface area (Å²) in [7, 11) is 0. The molecule has 4 heteroatoms. The van der Waals surface area contributed by atoms with Crippen molar-refractivity contribution in [3.8, 4) is 33.4 Å². The van der Waals surface area contributed by atoms with Crippen LogP contribution in [-0.4, -0.2) is 5.84 Å². The molecule has 0 amide bonds. The number of benzene rings is 9. The Morgan fingerprint density at radius 2 is 1.05 bits per heavy atom. The summed E-state index contributed by atoms with van der Waals surface area (Å²) in [4.78, 5) is 5.34. The predicted molar refractivity (Wildman–Crippen MR) is 236 cm³/mol. The Morgan fingerprint density at radius 1 is 0.404 bits per heavy atom. The lowest BCUT2D eigenvalue weighted by Crippen LogP contribution is -2.45. The minimum absolute atomic E-state index is 0.210. The largest absolute Gasteiger partial charge is 0.456 e. The van der Waals surface area contributed by atoms with Gasteiger partial charge >= 0.3 is 0 Å². The van der Waals surface area contributed by atoms with Crippen molar-refractivity contribution in [3.63, 3.8) is 0 Å². The van der Waals surface area contributed by atoms with Gasteiger partial charge in [-0.1, -0.05) is 170 Å². The summed E-state index contributed by atoms with van der Waals surface area (Å²) in [6.07, 6.45) is -0.569. The lowest BCUT2D eigenvalue weighted by atomic mass is 9.93. The van der Waals surface area contributed by atoms with Crippen LogP contribution in [0, 0.1) is 0 Å². The summed E-state index contributed by atoms with van der Waals surface area (Å²) >= 11 is 0. The number of hydrogen-bond acceptors (Lipinski definition) is 4. The Morgan fingerprint density at radius 3 is 1.91 bits per heavy atom. The fourth-order valence-corrected chi connectivity index (χ4v) is 8.48. The van der Waals surface area contributed by atoms with Crippen molar-refractivity contribution in [2.24, 2.45) is 4.99 Å². The zero-order valence-electron chi connectivity index (χ0n) is 31.1. The van der Waals surface area contributed by atoms with Crippen molar-refractivity contribution in [2.45, 2.75) is 12.3 Å². The van der Waals surface area contributed by atoms with E-state index >= 15 is 0 Å². The molecule has 1 aromatic heterocycles. The van der Waals surface area contributed by atoms with Crippen LogP contribution >= 0.6 is 0 Å². The SMILES string of the molecule is c1ccc(C2=NC(c3cc(-c4ccc(-c5cccc6ccccc56)cc4)c4c(c3)oc3ccccc34)NC(c3cccc(-c4ccc5ccccc5c4)c3)N2)cc1. The van der Waals surface area contributed by atoms with Gasteiger partial charge in [0.2, 0.25) is 0 Å². The number of nitrogens with one attached hydrogen (secondary N) is 2. The van der Waals surface area contributed by atoms with Gasteiger partial charge in [-0.2, -0.15) is 0 Å². The van der Waals surface area contributed by atoms with Crippen LogP contribution in [-0.2, 0) is 0 Å². The van der Waals surface area contributed by atoms with Crippen LogP contribution in [0.3, 0.4) is 0 Å². The predicted octanol–water partition coefficient (Wildman–Crippen LogP) is 13.2. The molecule has 0 spiro atoms. The first-order valence-corrected chi connectivity index (χ1v) is 19.5. The van der Waals surface area contributed by atoms with E-state index in [9.17, 15) is 0 Å². The molecule has 1 aliphatic rings. The maximum Gasteiger partial charge on any atom is 0.136 e. The Kier molecular flexibility index (Phi) is 8.01. The zero-order chi connectivity index (χ0) is 37.7. The van der Waals surface area contributed by atoms with Gasteiger partial charge in [0, 0.05) is 16.3 Å². The van der Waals surface area contributed by atoms with Crippen LogP contribution in [0.4, 0.5) is 0 Å². The third-order valence-electron chi connectivity index (χ3n) is 11.3. The van der Waals surface area contributed by atoms with Crippen molar-refractivity contribution in [1.29, 1.82) is 0 Å². The number of para-hydroxylation sites is 1. The molecule has 9 aromatic carbocycles. The molecule has 57 heavy (non-hydrogen) atoms. The molecule has 2 atom stereocenters. The van der Waals surface area contributed by atoms with Gasteiger partial charge in [-0.05, 0) is 96.4 Å². The summed E-state index contributed by atoms with van der Waals surface area (Å²) < 4.78 is 6.61. The standard InChI is InChI=1S/C53H37N3O/c1-2-14-38(15-3-1)51-54-52(42-19-10-18-40(31-42)41-29-24-34-12-4-5-16-39(34)30-41)56-53(55-51)43-32-47(50-46-21-8-9-23-48(46)57-49(50)33-43)37-27-25-36(26-28-37)45-22-11-17-35-13-6-7-20-44(35)45/h1-33,52-53,56H,(H,54,55). The van der Waals surface area contributed by atoms with E-state index in [1.54, 1.807) is 0 Å². The highest BCUT2D eigenvalue weighted by Crippen LogP contribution is 2.41. The first kappa shape index (κ1) is 33.1. The average Bonchev–Trinajstić information content (AvgIpc) is 3.67. The van der Waals surface area contributed by atoms with Crippen molar-refractivity contribution >= 4 is 49.3 Å². The van der Waals surface area contributed by atoms with E-state index in [2.05, 4.69) is 199 Å². The molecule has 0 radical (unpaired) electrons. The molecule has 10 aromatic rings. The van der Waals surface area contributed by atoms with Crippen LogP contribution in [0.2, 0.25) is 0 Å². The second-order valence-corrected chi connectivity index (χ2v) is 14.8. The summed E-state index contributed by atoms with van der Waals surface area (Å²) in [6, 6.07) is 71.2. The van der Waals surface area contributed by atoms with Gasteiger partial charge in [0.15, 0.2) is 0 Å². The van der Waals surface area contributed by atoms with E-state index in [0.717, 1.165) is 55.6 Å². The van der Waals surface area contributed by atoms with Gasteiger partial charge in [-0.15, -0.1) is 0 Å². The highest BCUT2D eigenvalue weighted by molar-refractivity contribution is 6.13. The number of fused-ring (bicyclic) bond motifs is 5. The quantitative estimate of drug-likeness (QED) is 0.179. The van der Waals surface area contributed by atoms with Crippen LogP contribution < -0.4 is 10.6 Å². The number of nitrogens with zero attached hydrogens (tertiary/aromatic N) is 1. The molecule has 0 bridgehead atoms. The molecule has 0 saturated carbocycles. The van der Waals surface area contributed by atoms with Gasteiger partial charge in [-0.3, -0.25) is 5.32 Å². The van der Waals surface area contributed by atoms with Gasteiger partial charge in [0.05, 0.1) is 0 Å². The van der Waals surface area contributed by atoms with Crippen molar-refractivity contribution in [2.75, 3.05) is 0 Å². The normalized spacial score (nSPS) is 15.5. The molecule has 2 unspecified atom stereocenters. The third-order valence-corrected chi connectivity index (χ3v) is 11.3.